The van der Waals surface area contributed by atoms with Crippen molar-refractivity contribution in [2.75, 3.05) is 0 Å². The maximum absolute atomic E-state index is 11.3. The van der Waals surface area contributed by atoms with Gasteiger partial charge in [0.1, 0.15) is 0 Å². The van der Waals surface area contributed by atoms with Crippen molar-refractivity contribution in [1.29, 1.82) is 0 Å². The highest BCUT2D eigenvalue weighted by atomic mass is 16.1. The molecule has 0 bridgehead atoms. The van der Waals surface area contributed by atoms with Gasteiger partial charge in [0.2, 0.25) is 0 Å². The number of Topliss-reactive ketones (excluding diaryl/α,β-unsaturated/α-hetero) is 1. The zero-order chi connectivity index (χ0) is 13.9. The molecule has 0 aliphatic rings. The number of aromatic nitrogens is 3. The number of aromatic amines is 1. The Hall–Kier alpha value is -2.75. The van der Waals surface area contributed by atoms with Gasteiger partial charge in [-0.1, -0.05) is 18.2 Å². The van der Waals surface area contributed by atoms with E-state index in [0.717, 1.165) is 22.5 Å². The van der Waals surface area contributed by atoms with Gasteiger partial charge in [0, 0.05) is 29.1 Å². The molecule has 20 heavy (non-hydrogen) atoms. The third-order valence-corrected chi connectivity index (χ3v) is 3.14. The van der Waals surface area contributed by atoms with Gasteiger partial charge >= 0.3 is 0 Å². The summed E-state index contributed by atoms with van der Waals surface area (Å²) in [4.78, 5) is 15.6. The molecular formula is C16H13N3O. The molecule has 0 saturated heterocycles. The van der Waals surface area contributed by atoms with Crippen LogP contribution in [0.5, 0.6) is 0 Å². The average molecular weight is 263 g/mol. The van der Waals surface area contributed by atoms with E-state index in [9.17, 15) is 4.79 Å². The zero-order valence-corrected chi connectivity index (χ0v) is 11.0. The van der Waals surface area contributed by atoms with E-state index < -0.39 is 0 Å². The lowest BCUT2D eigenvalue weighted by atomic mass is 10.0. The Balaban J connectivity index is 1.98. The lowest BCUT2D eigenvalue weighted by Crippen LogP contribution is -1.93. The number of benzene rings is 1. The fraction of sp³-hybridized carbons (Fsp3) is 0.0625. The molecule has 2 aromatic heterocycles. The fourth-order valence-electron chi connectivity index (χ4n) is 2.04. The first-order valence-corrected chi connectivity index (χ1v) is 6.31. The van der Waals surface area contributed by atoms with Crippen molar-refractivity contribution in [2.45, 2.75) is 6.92 Å². The van der Waals surface area contributed by atoms with Crippen molar-refractivity contribution in [2.24, 2.45) is 0 Å². The van der Waals surface area contributed by atoms with Crippen LogP contribution in [0.1, 0.15) is 17.3 Å². The summed E-state index contributed by atoms with van der Waals surface area (Å²) in [5.41, 5.74) is 4.49. The van der Waals surface area contributed by atoms with E-state index in [0.29, 0.717) is 5.56 Å². The molecule has 0 amide bonds. The highest BCUT2D eigenvalue weighted by molar-refractivity contribution is 5.94. The summed E-state index contributed by atoms with van der Waals surface area (Å²) >= 11 is 0. The molecule has 0 fully saturated rings. The number of nitrogens with zero attached hydrogens (tertiary/aromatic N) is 2. The maximum atomic E-state index is 11.3. The number of H-pyrrole nitrogens is 1. The molecule has 3 aromatic rings. The van der Waals surface area contributed by atoms with Crippen LogP contribution in [0.3, 0.4) is 0 Å². The summed E-state index contributed by atoms with van der Waals surface area (Å²) in [5.74, 6) is 0.0234. The first-order chi connectivity index (χ1) is 9.74. The number of hydrogen-bond donors (Lipinski definition) is 1. The van der Waals surface area contributed by atoms with E-state index in [1.54, 1.807) is 18.5 Å². The van der Waals surface area contributed by atoms with Crippen LogP contribution >= 0.6 is 0 Å². The van der Waals surface area contributed by atoms with E-state index >= 15 is 0 Å². The van der Waals surface area contributed by atoms with E-state index in [1.807, 2.05) is 36.4 Å². The molecule has 4 heteroatoms. The molecule has 1 N–H and O–H groups in total. The van der Waals surface area contributed by atoms with Gasteiger partial charge in [0.05, 0.1) is 11.4 Å². The molecule has 2 heterocycles. The normalized spacial score (nSPS) is 10.4. The summed E-state index contributed by atoms with van der Waals surface area (Å²) in [6.07, 6.45) is 3.34. The number of carbonyl (C=O) groups is 1. The van der Waals surface area contributed by atoms with Crippen LogP contribution in [-0.2, 0) is 0 Å². The van der Waals surface area contributed by atoms with Gasteiger partial charge in [0.25, 0.3) is 0 Å². The molecule has 4 nitrogen and oxygen atoms in total. The van der Waals surface area contributed by atoms with Gasteiger partial charge < -0.3 is 0 Å². The molecule has 1 aromatic carbocycles. The maximum Gasteiger partial charge on any atom is 0.161 e. The second-order valence-corrected chi connectivity index (χ2v) is 4.54. The Morgan fingerprint density at radius 3 is 2.60 bits per heavy atom. The number of ketones is 1. The van der Waals surface area contributed by atoms with Gasteiger partial charge in [0.15, 0.2) is 5.78 Å². The Morgan fingerprint density at radius 2 is 1.95 bits per heavy atom. The van der Waals surface area contributed by atoms with Gasteiger partial charge in [-0.25, -0.2) is 0 Å². The predicted octanol–water partition coefficient (Wildman–Crippen LogP) is 3.34. The van der Waals surface area contributed by atoms with Crippen molar-refractivity contribution >= 4 is 5.78 Å². The standard InChI is InChI=1S/C16H13N3O/c1-11(20)14-5-6-15(17-10-14)12-3-2-4-13(9-12)16-7-8-18-19-16/h2-10H,1H3,(H,18,19). The van der Waals surface area contributed by atoms with Crippen molar-refractivity contribution in [1.82, 2.24) is 15.2 Å². The van der Waals surface area contributed by atoms with Crippen LogP contribution in [0.25, 0.3) is 22.5 Å². The van der Waals surface area contributed by atoms with E-state index in [4.69, 9.17) is 0 Å². The van der Waals surface area contributed by atoms with Crippen LogP contribution in [-0.4, -0.2) is 21.0 Å². The number of rotatable bonds is 3. The number of carbonyl (C=O) groups excluding carboxylic acids is 1. The Bertz CT molecular complexity index is 731. The zero-order valence-electron chi connectivity index (χ0n) is 11.0. The molecular weight excluding hydrogens is 250 g/mol. The van der Waals surface area contributed by atoms with Crippen molar-refractivity contribution in [3.63, 3.8) is 0 Å². The molecule has 0 saturated carbocycles. The summed E-state index contributed by atoms with van der Waals surface area (Å²) < 4.78 is 0. The van der Waals surface area contributed by atoms with Crippen LogP contribution in [0.15, 0.2) is 54.9 Å². The Labute approximate surface area is 116 Å². The second kappa shape index (κ2) is 5.09. The monoisotopic (exact) mass is 263 g/mol. The minimum Gasteiger partial charge on any atom is -0.294 e. The molecule has 0 spiro atoms. The highest BCUT2D eigenvalue weighted by Crippen LogP contribution is 2.23. The topological polar surface area (TPSA) is 58.6 Å². The number of nitrogens with one attached hydrogen (secondary N) is 1. The average Bonchev–Trinajstić information content (AvgIpc) is 3.02. The minimum atomic E-state index is 0.0234. The lowest BCUT2D eigenvalue weighted by Gasteiger charge is -2.04. The third-order valence-electron chi connectivity index (χ3n) is 3.14. The predicted molar refractivity (Wildman–Crippen MR) is 77.3 cm³/mol. The second-order valence-electron chi connectivity index (χ2n) is 4.54. The van der Waals surface area contributed by atoms with Gasteiger partial charge in [-0.3, -0.25) is 14.9 Å². The van der Waals surface area contributed by atoms with Crippen LogP contribution in [0.2, 0.25) is 0 Å². The molecule has 3 rings (SSSR count). The molecule has 0 aliphatic carbocycles. The van der Waals surface area contributed by atoms with Gasteiger partial charge in [-0.2, -0.15) is 5.10 Å². The Kier molecular flexibility index (Phi) is 3.13. The minimum absolute atomic E-state index is 0.0234. The van der Waals surface area contributed by atoms with E-state index in [1.165, 1.54) is 6.92 Å². The van der Waals surface area contributed by atoms with Crippen molar-refractivity contribution in [3.05, 3.63) is 60.4 Å². The van der Waals surface area contributed by atoms with E-state index in [2.05, 4.69) is 15.2 Å². The fourth-order valence-corrected chi connectivity index (χ4v) is 2.04. The lowest BCUT2D eigenvalue weighted by molar-refractivity contribution is 0.101. The van der Waals surface area contributed by atoms with Crippen LogP contribution in [0, 0.1) is 0 Å². The first kappa shape index (κ1) is 12.3. The molecule has 98 valence electrons. The SMILES string of the molecule is CC(=O)c1ccc(-c2cccc(-c3ccn[nH]3)c2)nc1. The summed E-state index contributed by atoms with van der Waals surface area (Å²) in [7, 11) is 0. The molecule has 0 atom stereocenters. The molecule has 0 unspecified atom stereocenters. The third kappa shape index (κ3) is 2.36. The summed E-state index contributed by atoms with van der Waals surface area (Å²) in [6, 6.07) is 13.6. The van der Waals surface area contributed by atoms with Crippen LogP contribution < -0.4 is 0 Å². The van der Waals surface area contributed by atoms with Crippen molar-refractivity contribution in [3.8, 4) is 22.5 Å². The smallest absolute Gasteiger partial charge is 0.161 e. The van der Waals surface area contributed by atoms with E-state index in [-0.39, 0.29) is 5.78 Å². The quantitative estimate of drug-likeness (QED) is 0.737. The largest absolute Gasteiger partial charge is 0.294 e. The molecule has 0 aliphatic heterocycles. The van der Waals surface area contributed by atoms with Crippen molar-refractivity contribution < 1.29 is 4.79 Å². The van der Waals surface area contributed by atoms with Gasteiger partial charge in [-0.05, 0) is 31.2 Å². The summed E-state index contributed by atoms with van der Waals surface area (Å²) in [5, 5.41) is 6.89. The van der Waals surface area contributed by atoms with Gasteiger partial charge in [-0.15, -0.1) is 0 Å². The summed E-state index contributed by atoms with van der Waals surface area (Å²) in [6.45, 7) is 1.54. The first-order valence-electron chi connectivity index (χ1n) is 6.31. The Morgan fingerprint density at radius 1 is 1.10 bits per heavy atom. The number of pyridine rings is 1. The highest BCUT2D eigenvalue weighted by Gasteiger charge is 2.05. The molecule has 0 radical (unpaired) electrons. The number of hydrogen-bond acceptors (Lipinski definition) is 3. The van der Waals surface area contributed by atoms with Crippen LogP contribution in [0.4, 0.5) is 0 Å².